The van der Waals surface area contributed by atoms with E-state index in [2.05, 4.69) is 91.9 Å². The maximum Gasteiger partial charge on any atom is 0.160 e. The highest BCUT2D eigenvalue weighted by molar-refractivity contribution is 5.84. The molecule has 4 aromatic rings. The van der Waals surface area contributed by atoms with Crippen molar-refractivity contribution in [2.45, 2.75) is 25.2 Å². The molecule has 1 heterocycles. The predicted octanol–water partition coefficient (Wildman–Crippen LogP) is 6.52. The monoisotopic (exact) mass is 374 g/mol. The van der Waals surface area contributed by atoms with Gasteiger partial charge in [-0.2, -0.15) is 0 Å². The van der Waals surface area contributed by atoms with Gasteiger partial charge in [-0.1, -0.05) is 84.4 Å². The third-order valence-electron chi connectivity index (χ3n) is 6.49. The normalized spacial score (nSPS) is 22.0. The summed E-state index contributed by atoms with van der Waals surface area (Å²) in [6.07, 6.45) is 5.74. The molecule has 29 heavy (non-hydrogen) atoms. The highest BCUT2D eigenvalue weighted by Gasteiger charge is 2.53. The predicted molar refractivity (Wildman–Crippen MR) is 119 cm³/mol. The van der Waals surface area contributed by atoms with E-state index in [0.717, 1.165) is 23.3 Å². The molecule has 0 spiro atoms. The van der Waals surface area contributed by atoms with E-state index in [0.29, 0.717) is 17.8 Å². The first-order valence-electron chi connectivity index (χ1n) is 10.4. The summed E-state index contributed by atoms with van der Waals surface area (Å²) >= 11 is 0. The van der Waals surface area contributed by atoms with Crippen LogP contribution >= 0.6 is 0 Å². The summed E-state index contributed by atoms with van der Waals surface area (Å²) < 4.78 is 0. The van der Waals surface area contributed by atoms with Gasteiger partial charge in [0.2, 0.25) is 0 Å². The Morgan fingerprint density at radius 1 is 0.793 bits per heavy atom. The van der Waals surface area contributed by atoms with Crippen molar-refractivity contribution < 1.29 is 0 Å². The third kappa shape index (κ3) is 2.71. The molecule has 2 heteroatoms. The molecule has 3 aromatic carbocycles. The molecule has 1 aromatic heterocycles. The van der Waals surface area contributed by atoms with Gasteiger partial charge in [0, 0.05) is 16.9 Å². The summed E-state index contributed by atoms with van der Waals surface area (Å²) in [6, 6.07) is 25.8. The van der Waals surface area contributed by atoms with Gasteiger partial charge in [-0.05, 0) is 42.4 Å². The van der Waals surface area contributed by atoms with Crippen LogP contribution in [0.3, 0.4) is 0 Å². The van der Waals surface area contributed by atoms with Gasteiger partial charge < -0.3 is 0 Å². The van der Waals surface area contributed by atoms with Gasteiger partial charge in [-0.3, -0.25) is 0 Å². The Balaban J connectivity index is 1.52. The van der Waals surface area contributed by atoms with E-state index in [1.54, 1.807) is 0 Å². The van der Waals surface area contributed by atoms with E-state index in [4.69, 9.17) is 9.97 Å². The molecule has 1 fully saturated rings. The molecule has 0 bridgehead atoms. The average Bonchev–Trinajstić information content (AvgIpc) is 3.50. The molecular weight excluding hydrogens is 352 g/mol. The van der Waals surface area contributed by atoms with Gasteiger partial charge in [0.05, 0.1) is 11.2 Å². The Morgan fingerprint density at radius 3 is 2.48 bits per heavy atom. The highest BCUT2D eigenvalue weighted by Crippen LogP contribution is 2.64. The first-order chi connectivity index (χ1) is 14.3. The number of benzene rings is 3. The summed E-state index contributed by atoms with van der Waals surface area (Å²) in [5.74, 6) is 2.46. The second kappa shape index (κ2) is 6.38. The number of allylic oxidation sites excluding steroid dienone is 1. The zero-order valence-corrected chi connectivity index (χ0v) is 16.4. The molecule has 0 saturated heterocycles. The van der Waals surface area contributed by atoms with E-state index < -0.39 is 0 Å². The zero-order valence-electron chi connectivity index (χ0n) is 16.4. The van der Waals surface area contributed by atoms with Gasteiger partial charge in [0.1, 0.15) is 0 Å². The number of rotatable bonds is 2. The maximum absolute atomic E-state index is 5.16. The largest absolute Gasteiger partial charge is 0.232 e. The van der Waals surface area contributed by atoms with Crippen molar-refractivity contribution in [1.29, 1.82) is 0 Å². The average molecular weight is 374 g/mol. The SMILES string of the molecule is Cc1ccc(-c2nc(C3C4CC=Cc5ccccc5C43)c3ccccc3n2)cc1. The molecule has 2 aliphatic carbocycles. The molecule has 3 unspecified atom stereocenters. The zero-order chi connectivity index (χ0) is 19.4. The van der Waals surface area contributed by atoms with Crippen LogP contribution in [0, 0.1) is 12.8 Å². The first-order valence-corrected chi connectivity index (χ1v) is 10.4. The van der Waals surface area contributed by atoms with Crippen LogP contribution in [0.1, 0.15) is 40.6 Å². The fraction of sp³-hybridized carbons (Fsp3) is 0.185. The Labute approximate surface area is 171 Å². The molecular formula is C27H22N2. The molecule has 1 saturated carbocycles. The molecule has 0 N–H and O–H groups in total. The van der Waals surface area contributed by atoms with Crippen LogP contribution in [0.15, 0.2) is 78.9 Å². The quantitative estimate of drug-likeness (QED) is 0.399. The fourth-order valence-corrected chi connectivity index (χ4v) is 4.97. The van der Waals surface area contributed by atoms with Crippen LogP contribution < -0.4 is 0 Å². The highest BCUT2D eigenvalue weighted by atomic mass is 14.9. The lowest BCUT2D eigenvalue weighted by atomic mass is 10.00. The summed E-state index contributed by atoms with van der Waals surface area (Å²) in [6.45, 7) is 2.11. The summed E-state index contributed by atoms with van der Waals surface area (Å²) in [7, 11) is 0. The van der Waals surface area contributed by atoms with Crippen molar-refractivity contribution in [2.24, 2.45) is 5.92 Å². The minimum Gasteiger partial charge on any atom is -0.232 e. The van der Waals surface area contributed by atoms with Gasteiger partial charge in [0.25, 0.3) is 0 Å². The van der Waals surface area contributed by atoms with E-state index in [-0.39, 0.29) is 0 Å². The van der Waals surface area contributed by atoms with Crippen LogP contribution in [0.4, 0.5) is 0 Å². The standard InChI is InChI=1S/C27H22N2/c1-17-13-15-19(16-14-17)27-28-23-12-5-4-10-21(23)26(29-27)25-22-11-6-8-18-7-2-3-9-20(18)24(22)25/h2-10,12-16,22,24-25H,11H2,1H3. The van der Waals surface area contributed by atoms with Crippen molar-refractivity contribution in [3.63, 3.8) is 0 Å². The van der Waals surface area contributed by atoms with Gasteiger partial charge >= 0.3 is 0 Å². The molecule has 2 aliphatic rings. The van der Waals surface area contributed by atoms with Crippen molar-refractivity contribution in [3.05, 3.63) is 101 Å². The number of hydrogen-bond donors (Lipinski definition) is 0. The summed E-state index contributed by atoms with van der Waals surface area (Å²) in [4.78, 5) is 10.1. The Kier molecular flexibility index (Phi) is 3.67. The smallest absolute Gasteiger partial charge is 0.160 e. The van der Waals surface area contributed by atoms with Crippen LogP contribution in [0.25, 0.3) is 28.4 Å². The lowest BCUT2D eigenvalue weighted by Crippen LogP contribution is -1.99. The summed E-state index contributed by atoms with van der Waals surface area (Å²) in [5, 5.41) is 1.20. The topological polar surface area (TPSA) is 25.8 Å². The Morgan fingerprint density at radius 2 is 1.59 bits per heavy atom. The molecule has 2 nitrogen and oxygen atoms in total. The number of aromatic nitrogens is 2. The second-order valence-corrected chi connectivity index (χ2v) is 8.30. The number of hydrogen-bond acceptors (Lipinski definition) is 2. The molecule has 0 radical (unpaired) electrons. The van der Waals surface area contributed by atoms with E-state index in [1.807, 2.05) is 0 Å². The van der Waals surface area contributed by atoms with Crippen LogP contribution in [-0.2, 0) is 0 Å². The van der Waals surface area contributed by atoms with Gasteiger partial charge in [0.15, 0.2) is 5.82 Å². The van der Waals surface area contributed by atoms with Crippen LogP contribution in [-0.4, -0.2) is 9.97 Å². The van der Waals surface area contributed by atoms with E-state index in [1.165, 1.54) is 27.8 Å². The lowest BCUT2D eigenvalue weighted by Gasteiger charge is -2.11. The van der Waals surface area contributed by atoms with Gasteiger partial charge in [-0.15, -0.1) is 0 Å². The third-order valence-corrected chi connectivity index (χ3v) is 6.49. The van der Waals surface area contributed by atoms with Crippen LogP contribution in [0.2, 0.25) is 0 Å². The van der Waals surface area contributed by atoms with Crippen molar-refractivity contribution >= 4 is 17.0 Å². The number of para-hydroxylation sites is 1. The van der Waals surface area contributed by atoms with E-state index >= 15 is 0 Å². The molecule has 0 amide bonds. The van der Waals surface area contributed by atoms with Crippen LogP contribution in [0.5, 0.6) is 0 Å². The minimum absolute atomic E-state index is 0.457. The molecule has 6 rings (SSSR count). The molecule has 3 atom stereocenters. The number of aryl methyl sites for hydroxylation is 1. The Bertz CT molecular complexity index is 1250. The maximum atomic E-state index is 5.16. The van der Waals surface area contributed by atoms with Crippen molar-refractivity contribution in [2.75, 3.05) is 0 Å². The van der Waals surface area contributed by atoms with E-state index in [9.17, 15) is 0 Å². The van der Waals surface area contributed by atoms with Gasteiger partial charge in [-0.25, -0.2) is 9.97 Å². The second-order valence-electron chi connectivity index (χ2n) is 8.30. The Hall–Kier alpha value is -3.26. The number of fused-ring (bicyclic) bond motifs is 4. The number of nitrogens with zero attached hydrogens (tertiary/aromatic N) is 2. The van der Waals surface area contributed by atoms with Crippen molar-refractivity contribution in [1.82, 2.24) is 9.97 Å². The lowest BCUT2D eigenvalue weighted by molar-refractivity contribution is 0.800. The summed E-state index contributed by atoms with van der Waals surface area (Å²) in [5.41, 5.74) is 7.42. The molecule has 0 aliphatic heterocycles. The first kappa shape index (κ1) is 16.7. The fourth-order valence-electron chi connectivity index (χ4n) is 4.97. The molecule has 140 valence electrons. The van der Waals surface area contributed by atoms with Crippen molar-refractivity contribution in [3.8, 4) is 11.4 Å². The minimum atomic E-state index is 0.457.